The minimum absolute atomic E-state index is 0.00605. The van der Waals surface area contributed by atoms with E-state index >= 15 is 0 Å². The molecule has 0 bridgehead atoms. The topological polar surface area (TPSA) is 0 Å². The van der Waals surface area contributed by atoms with Crippen molar-refractivity contribution in [3.8, 4) is 10.4 Å². The van der Waals surface area contributed by atoms with Gasteiger partial charge in [-0.1, -0.05) is 70.0 Å². The molecule has 3 atom stereocenters. The molecular formula is C35H36S2. The third kappa shape index (κ3) is 3.12. The average molecular weight is 521 g/mol. The van der Waals surface area contributed by atoms with Crippen LogP contribution >= 0.6 is 22.7 Å². The number of thiophene rings is 2. The van der Waals surface area contributed by atoms with Gasteiger partial charge in [0.15, 0.2) is 0 Å². The van der Waals surface area contributed by atoms with Crippen LogP contribution in [0.5, 0.6) is 0 Å². The number of fused-ring (bicyclic) bond motifs is 5. The van der Waals surface area contributed by atoms with E-state index in [1.54, 1.807) is 33.4 Å². The van der Waals surface area contributed by atoms with E-state index in [0.717, 1.165) is 6.42 Å². The Labute approximate surface area is 230 Å². The van der Waals surface area contributed by atoms with E-state index < -0.39 is 0 Å². The molecule has 7 rings (SSSR count). The van der Waals surface area contributed by atoms with Crippen LogP contribution in [0.15, 0.2) is 81.6 Å². The first-order chi connectivity index (χ1) is 17.6. The second-order valence-electron chi connectivity index (χ2n) is 12.8. The summed E-state index contributed by atoms with van der Waals surface area (Å²) in [5.41, 5.74) is 15.7. The highest BCUT2D eigenvalue weighted by Crippen LogP contribution is 2.67. The number of allylic oxidation sites excluding steroid dienone is 8. The van der Waals surface area contributed by atoms with Crippen LogP contribution < -0.4 is 0 Å². The van der Waals surface area contributed by atoms with Crippen LogP contribution in [0.25, 0.3) is 21.6 Å². The quantitative estimate of drug-likeness (QED) is 0.315. The highest BCUT2D eigenvalue weighted by molar-refractivity contribution is 7.13. The van der Waals surface area contributed by atoms with Gasteiger partial charge >= 0.3 is 0 Å². The number of hydrogen-bond acceptors (Lipinski definition) is 2. The second kappa shape index (κ2) is 7.80. The second-order valence-corrected chi connectivity index (χ2v) is 14.7. The van der Waals surface area contributed by atoms with Crippen molar-refractivity contribution in [2.24, 2.45) is 23.2 Å². The summed E-state index contributed by atoms with van der Waals surface area (Å²) in [4.78, 5) is 2.77. The Kier molecular flexibility index (Phi) is 4.99. The van der Waals surface area contributed by atoms with Gasteiger partial charge < -0.3 is 0 Å². The van der Waals surface area contributed by atoms with E-state index in [9.17, 15) is 0 Å². The van der Waals surface area contributed by atoms with Crippen molar-refractivity contribution < 1.29 is 0 Å². The fourth-order valence-electron chi connectivity index (χ4n) is 8.32. The summed E-state index contributed by atoms with van der Waals surface area (Å²) in [6, 6.07) is 13.9. The van der Waals surface area contributed by atoms with Crippen LogP contribution in [-0.2, 0) is 5.41 Å². The van der Waals surface area contributed by atoms with Gasteiger partial charge in [0.2, 0.25) is 0 Å². The fourth-order valence-corrected chi connectivity index (χ4v) is 9.75. The summed E-state index contributed by atoms with van der Waals surface area (Å²) in [7, 11) is 0. The zero-order chi connectivity index (χ0) is 25.9. The van der Waals surface area contributed by atoms with Gasteiger partial charge in [-0.15, -0.1) is 22.7 Å². The smallest absolute Gasteiger partial charge is 0.0342 e. The zero-order valence-corrected chi connectivity index (χ0v) is 24.7. The minimum Gasteiger partial charge on any atom is -0.144 e. The normalized spacial score (nSPS) is 26.9. The highest BCUT2D eigenvalue weighted by atomic mass is 32.1. The first kappa shape index (κ1) is 23.7. The molecular weight excluding hydrogens is 485 g/mol. The van der Waals surface area contributed by atoms with Crippen LogP contribution in [0, 0.1) is 30.1 Å². The van der Waals surface area contributed by atoms with Gasteiger partial charge in [0.1, 0.15) is 0 Å². The molecule has 188 valence electrons. The van der Waals surface area contributed by atoms with Crippen molar-refractivity contribution in [2.75, 3.05) is 0 Å². The molecule has 1 aromatic carbocycles. The van der Waals surface area contributed by atoms with Crippen LogP contribution in [0.2, 0.25) is 0 Å². The first-order valence-electron chi connectivity index (χ1n) is 13.7. The van der Waals surface area contributed by atoms with Crippen molar-refractivity contribution in [3.05, 3.63) is 103 Å². The van der Waals surface area contributed by atoms with Crippen molar-refractivity contribution in [1.82, 2.24) is 0 Å². The van der Waals surface area contributed by atoms with Crippen molar-refractivity contribution >= 4 is 33.8 Å². The van der Waals surface area contributed by atoms with E-state index in [1.807, 2.05) is 22.7 Å². The molecule has 2 heterocycles. The molecule has 0 spiro atoms. The van der Waals surface area contributed by atoms with E-state index in [4.69, 9.17) is 0 Å². The summed E-state index contributed by atoms with van der Waals surface area (Å²) < 4.78 is 0. The fraction of sp³-hybridized carbons (Fsp3) is 0.371. The Morgan fingerprint density at radius 1 is 0.892 bits per heavy atom. The summed E-state index contributed by atoms with van der Waals surface area (Å²) in [6.07, 6.45) is 6.28. The van der Waals surface area contributed by atoms with Crippen molar-refractivity contribution in [2.45, 2.75) is 60.3 Å². The van der Waals surface area contributed by atoms with Gasteiger partial charge in [0.25, 0.3) is 0 Å². The Hall–Kier alpha value is -2.42. The Balaban J connectivity index is 1.42. The van der Waals surface area contributed by atoms with Gasteiger partial charge in [-0.3, -0.25) is 0 Å². The standard InChI is InChI=1S/C35H36S2/c1-19-14-22(27-10-8-12-36-27)17-25-29(19)24-16-21(3)31-30-20(2)15-23(28-11-9-13-37-28)18-26(30)35(6,7)33(31)32(24)34(25,4)5/h8-15,17-18,21,26,30H,16H2,1-7H3. The minimum atomic E-state index is 0.00605. The Morgan fingerprint density at radius 2 is 1.59 bits per heavy atom. The number of rotatable bonds is 2. The molecule has 2 aromatic heterocycles. The molecule has 3 aromatic rings. The lowest BCUT2D eigenvalue weighted by atomic mass is 9.65. The maximum atomic E-state index is 2.63. The molecule has 4 aliphatic rings. The Morgan fingerprint density at radius 3 is 2.27 bits per heavy atom. The van der Waals surface area contributed by atoms with E-state index in [-0.39, 0.29) is 10.8 Å². The van der Waals surface area contributed by atoms with Gasteiger partial charge in [0, 0.05) is 21.1 Å². The van der Waals surface area contributed by atoms with Gasteiger partial charge in [-0.25, -0.2) is 0 Å². The predicted octanol–water partition coefficient (Wildman–Crippen LogP) is 10.5. The Bertz CT molecular complexity index is 1560. The molecule has 0 nitrogen and oxygen atoms in total. The van der Waals surface area contributed by atoms with Crippen LogP contribution in [0.1, 0.15) is 69.5 Å². The number of benzene rings is 1. The molecule has 0 aliphatic heterocycles. The van der Waals surface area contributed by atoms with Crippen LogP contribution in [0.3, 0.4) is 0 Å². The lowest BCUT2D eigenvalue weighted by molar-refractivity contribution is 0.306. The molecule has 37 heavy (non-hydrogen) atoms. The number of aryl methyl sites for hydroxylation is 1. The number of hydrogen-bond donors (Lipinski definition) is 0. The molecule has 2 heteroatoms. The third-order valence-electron chi connectivity index (χ3n) is 9.83. The molecule has 3 unspecified atom stereocenters. The monoisotopic (exact) mass is 520 g/mol. The van der Waals surface area contributed by atoms with E-state index in [2.05, 4.69) is 108 Å². The highest BCUT2D eigenvalue weighted by Gasteiger charge is 2.56. The van der Waals surface area contributed by atoms with Crippen molar-refractivity contribution in [3.63, 3.8) is 0 Å². The zero-order valence-electron chi connectivity index (χ0n) is 23.0. The SMILES string of the molecule is CC1=CC(c2cccs2)=CC2C1C1=C(C3=C(CC1C)c1c(C)cc(-c4cccs4)cc1C3(C)C)C2(C)C. The molecule has 0 radical (unpaired) electrons. The van der Waals surface area contributed by atoms with Gasteiger partial charge in [-0.05, 0) is 117 Å². The maximum absolute atomic E-state index is 2.63. The summed E-state index contributed by atoms with van der Waals surface area (Å²) in [5, 5.41) is 4.40. The molecule has 0 saturated carbocycles. The lowest BCUT2D eigenvalue weighted by Gasteiger charge is -2.38. The molecule has 0 amide bonds. The van der Waals surface area contributed by atoms with Crippen LogP contribution in [-0.4, -0.2) is 0 Å². The summed E-state index contributed by atoms with van der Waals surface area (Å²) in [5.74, 6) is 1.61. The maximum Gasteiger partial charge on any atom is 0.0342 e. The molecule has 4 aliphatic carbocycles. The summed E-state index contributed by atoms with van der Waals surface area (Å²) in [6.45, 7) is 17.3. The third-order valence-corrected chi connectivity index (χ3v) is 11.7. The van der Waals surface area contributed by atoms with Crippen LogP contribution in [0.4, 0.5) is 0 Å². The van der Waals surface area contributed by atoms with Gasteiger partial charge in [0.05, 0.1) is 0 Å². The lowest BCUT2D eigenvalue weighted by Crippen LogP contribution is -2.29. The largest absolute Gasteiger partial charge is 0.144 e. The van der Waals surface area contributed by atoms with Gasteiger partial charge in [-0.2, -0.15) is 0 Å². The van der Waals surface area contributed by atoms with E-state index in [0.29, 0.717) is 17.8 Å². The molecule has 0 saturated heterocycles. The predicted molar refractivity (Wildman–Crippen MR) is 162 cm³/mol. The summed E-state index contributed by atoms with van der Waals surface area (Å²) >= 11 is 3.71. The molecule has 0 N–H and O–H groups in total. The first-order valence-corrected chi connectivity index (χ1v) is 15.5. The van der Waals surface area contributed by atoms with Crippen molar-refractivity contribution in [1.29, 1.82) is 0 Å². The molecule has 0 fully saturated rings. The van der Waals surface area contributed by atoms with E-state index in [1.165, 1.54) is 32.0 Å². The average Bonchev–Trinajstić information content (AvgIpc) is 3.62.